The highest BCUT2D eigenvalue weighted by atomic mass is 35.5. The zero-order valence-corrected chi connectivity index (χ0v) is 18.9. The monoisotopic (exact) mass is 414 g/mol. The summed E-state index contributed by atoms with van der Waals surface area (Å²) in [5, 5.41) is 3.58. The van der Waals surface area contributed by atoms with Crippen LogP contribution in [0.25, 0.3) is 0 Å². The molecule has 0 spiro atoms. The highest BCUT2D eigenvalue weighted by molar-refractivity contribution is 6.30. The van der Waals surface area contributed by atoms with Gasteiger partial charge in [-0.15, -0.1) is 0 Å². The molecule has 0 aliphatic rings. The van der Waals surface area contributed by atoms with E-state index in [9.17, 15) is 9.59 Å². The molecule has 0 aromatic heterocycles. The largest absolute Gasteiger partial charge is 0.350 e. The number of benzene rings is 2. The van der Waals surface area contributed by atoms with Crippen LogP contribution in [0, 0.1) is 13.8 Å². The predicted octanol–water partition coefficient (Wildman–Crippen LogP) is 4.83. The molecule has 2 rings (SSSR count). The molecule has 0 bridgehead atoms. The lowest BCUT2D eigenvalue weighted by molar-refractivity contribution is -0.140. The molecule has 1 atom stereocenters. The fourth-order valence-corrected chi connectivity index (χ4v) is 3.29. The molecule has 5 heteroatoms. The molecule has 2 aromatic rings. The van der Waals surface area contributed by atoms with E-state index in [4.69, 9.17) is 11.6 Å². The molecular weight excluding hydrogens is 384 g/mol. The highest BCUT2D eigenvalue weighted by Gasteiger charge is 2.28. The second-order valence-electron chi connectivity index (χ2n) is 8.66. The number of nitrogens with one attached hydrogen (secondary N) is 1. The summed E-state index contributed by atoms with van der Waals surface area (Å²) in [4.78, 5) is 27.6. The number of nitrogens with zero attached hydrogens (tertiary/aromatic N) is 1. The second-order valence-corrected chi connectivity index (χ2v) is 9.10. The normalized spacial score (nSPS) is 12.4. The first-order valence-electron chi connectivity index (χ1n) is 9.88. The Morgan fingerprint density at radius 2 is 1.72 bits per heavy atom. The van der Waals surface area contributed by atoms with Crippen LogP contribution in [0.3, 0.4) is 0 Å². The summed E-state index contributed by atoms with van der Waals surface area (Å²) in [6.07, 6.45) is 0.245. The van der Waals surface area contributed by atoms with Gasteiger partial charge in [-0.25, -0.2) is 0 Å². The van der Waals surface area contributed by atoms with Crippen molar-refractivity contribution in [2.24, 2.45) is 0 Å². The summed E-state index contributed by atoms with van der Waals surface area (Å²) in [6, 6.07) is 12.8. The van der Waals surface area contributed by atoms with E-state index in [-0.39, 0.29) is 23.8 Å². The minimum Gasteiger partial charge on any atom is -0.350 e. The summed E-state index contributed by atoms with van der Waals surface area (Å²) in [5.41, 5.74) is 3.80. The zero-order valence-electron chi connectivity index (χ0n) is 18.2. The molecule has 156 valence electrons. The van der Waals surface area contributed by atoms with Crippen molar-refractivity contribution < 1.29 is 9.59 Å². The smallest absolute Gasteiger partial charge is 0.242 e. The molecule has 2 aromatic carbocycles. The average Bonchev–Trinajstić information content (AvgIpc) is 2.60. The fourth-order valence-electron chi connectivity index (χ4n) is 3.08. The Kier molecular flexibility index (Phi) is 7.48. The number of carbonyl (C=O) groups excluding carboxylic acids is 2. The lowest BCUT2D eigenvalue weighted by atomic mass is 10.0. The molecule has 0 aliphatic heterocycles. The van der Waals surface area contributed by atoms with E-state index in [1.807, 2.05) is 71.0 Å². The van der Waals surface area contributed by atoms with E-state index in [1.165, 1.54) is 5.56 Å². The number of hydrogen-bond donors (Lipinski definition) is 1. The van der Waals surface area contributed by atoms with Crippen LogP contribution < -0.4 is 5.32 Å². The van der Waals surface area contributed by atoms with Gasteiger partial charge in [-0.1, -0.05) is 41.9 Å². The second kappa shape index (κ2) is 9.45. The molecule has 0 heterocycles. The molecule has 0 aliphatic carbocycles. The van der Waals surface area contributed by atoms with E-state index in [0.717, 1.165) is 16.7 Å². The number of carbonyl (C=O) groups is 2. The van der Waals surface area contributed by atoms with E-state index < -0.39 is 6.04 Å². The van der Waals surface area contributed by atoms with E-state index in [2.05, 4.69) is 5.32 Å². The van der Waals surface area contributed by atoms with Crippen molar-refractivity contribution in [3.8, 4) is 0 Å². The van der Waals surface area contributed by atoms with Gasteiger partial charge >= 0.3 is 0 Å². The van der Waals surface area contributed by atoms with Crippen LogP contribution in [-0.2, 0) is 22.6 Å². The Hall–Kier alpha value is -2.33. The number of hydrogen-bond acceptors (Lipinski definition) is 2. The first kappa shape index (κ1) is 23.0. The molecule has 1 N–H and O–H groups in total. The van der Waals surface area contributed by atoms with Crippen LogP contribution in [0.2, 0.25) is 5.02 Å². The maximum Gasteiger partial charge on any atom is 0.242 e. The van der Waals surface area contributed by atoms with E-state index in [1.54, 1.807) is 17.9 Å². The lowest BCUT2D eigenvalue weighted by Crippen LogP contribution is -2.52. The maximum atomic E-state index is 13.2. The minimum atomic E-state index is -0.604. The molecule has 0 radical (unpaired) electrons. The van der Waals surface area contributed by atoms with Gasteiger partial charge in [0.1, 0.15) is 6.04 Å². The van der Waals surface area contributed by atoms with Gasteiger partial charge in [-0.2, -0.15) is 0 Å². The summed E-state index contributed by atoms with van der Waals surface area (Å²) in [5.74, 6) is -0.266. The molecule has 2 amide bonds. The maximum absolute atomic E-state index is 13.2. The Morgan fingerprint density at radius 3 is 2.31 bits per heavy atom. The Morgan fingerprint density at radius 1 is 1.03 bits per heavy atom. The first-order valence-corrected chi connectivity index (χ1v) is 10.3. The van der Waals surface area contributed by atoms with Crippen LogP contribution >= 0.6 is 11.6 Å². The number of amides is 2. The van der Waals surface area contributed by atoms with E-state index >= 15 is 0 Å². The number of aryl methyl sites for hydroxylation is 2. The van der Waals surface area contributed by atoms with Gasteiger partial charge in [0.15, 0.2) is 0 Å². The van der Waals surface area contributed by atoms with Gasteiger partial charge in [-0.05, 0) is 75.9 Å². The average molecular weight is 415 g/mol. The standard InChI is InChI=1S/C24H31ClN2O2/c1-16-10-11-19(12-17(16)2)14-22(28)27(15-20-8-7-9-21(25)13-20)18(3)23(29)26-24(4,5)6/h7-13,18H,14-15H2,1-6H3,(H,26,29)/t18-/m1/s1. The van der Waals surface area contributed by atoms with Gasteiger partial charge in [0.2, 0.25) is 11.8 Å². The third-order valence-electron chi connectivity index (χ3n) is 4.83. The zero-order chi connectivity index (χ0) is 21.8. The molecule has 0 saturated heterocycles. The van der Waals surface area contributed by atoms with E-state index in [0.29, 0.717) is 11.6 Å². The summed E-state index contributed by atoms with van der Waals surface area (Å²) in [6.45, 7) is 12.0. The van der Waals surface area contributed by atoms with Crippen LogP contribution in [0.15, 0.2) is 42.5 Å². The third-order valence-corrected chi connectivity index (χ3v) is 5.07. The number of halogens is 1. The topological polar surface area (TPSA) is 49.4 Å². The highest BCUT2D eigenvalue weighted by Crippen LogP contribution is 2.17. The van der Waals surface area contributed by atoms with Gasteiger partial charge in [0, 0.05) is 17.1 Å². The molecule has 0 saturated carbocycles. The van der Waals surface area contributed by atoms with Crippen molar-refractivity contribution in [1.29, 1.82) is 0 Å². The van der Waals surface area contributed by atoms with Crippen molar-refractivity contribution in [1.82, 2.24) is 10.2 Å². The quantitative estimate of drug-likeness (QED) is 0.735. The molecule has 29 heavy (non-hydrogen) atoms. The van der Waals surface area contributed by atoms with Crippen LogP contribution in [0.5, 0.6) is 0 Å². The van der Waals surface area contributed by atoms with Crippen molar-refractivity contribution in [2.75, 3.05) is 0 Å². The molecule has 0 fully saturated rings. The summed E-state index contributed by atoms with van der Waals surface area (Å²) < 4.78 is 0. The minimum absolute atomic E-state index is 0.0928. The summed E-state index contributed by atoms with van der Waals surface area (Å²) in [7, 11) is 0. The predicted molar refractivity (Wildman–Crippen MR) is 119 cm³/mol. The Bertz CT molecular complexity index is 887. The van der Waals surface area contributed by atoms with Crippen molar-refractivity contribution in [2.45, 2.75) is 66.1 Å². The third kappa shape index (κ3) is 6.90. The lowest BCUT2D eigenvalue weighted by Gasteiger charge is -2.31. The molecule has 0 unspecified atom stereocenters. The summed E-state index contributed by atoms with van der Waals surface area (Å²) >= 11 is 6.12. The van der Waals surface area contributed by atoms with Crippen LogP contribution in [0.4, 0.5) is 0 Å². The van der Waals surface area contributed by atoms with Gasteiger partial charge < -0.3 is 10.2 Å². The fraction of sp³-hybridized carbons (Fsp3) is 0.417. The van der Waals surface area contributed by atoms with Crippen LogP contribution in [0.1, 0.15) is 49.9 Å². The van der Waals surface area contributed by atoms with Crippen LogP contribution in [-0.4, -0.2) is 28.3 Å². The molecule has 4 nitrogen and oxygen atoms in total. The van der Waals surface area contributed by atoms with Crippen molar-refractivity contribution >= 4 is 23.4 Å². The molecular formula is C24H31ClN2O2. The Labute approximate surface area is 179 Å². The van der Waals surface area contributed by atoms with Gasteiger partial charge in [0.05, 0.1) is 6.42 Å². The van der Waals surface area contributed by atoms with Gasteiger partial charge in [-0.3, -0.25) is 9.59 Å². The first-order chi connectivity index (χ1) is 13.5. The van der Waals surface area contributed by atoms with Crippen molar-refractivity contribution in [3.63, 3.8) is 0 Å². The number of rotatable bonds is 6. The van der Waals surface area contributed by atoms with Gasteiger partial charge in [0.25, 0.3) is 0 Å². The SMILES string of the molecule is Cc1ccc(CC(=O)N(Cc2cccc(Cl)c2)[C@H](C)C(=O)NC(C)(C)C)cc1C. The Balaban J connectivity index is 2.27. The van der Waals surface area contributed by atoms with Crippen molar-refractivity contribution in [3.05, 3.63) is 69.7 Å².